The Bertz CT molecular complexity index is 969. The van der Waals surface area contributed by atoms with Crippen molar-refractivity contribution in [3.05, 3.63) is 47.5 Å². The largest absolute Gasteiger partial charge is 0.495 e. The van der Waals surface area contributed by atoms with Crippen LogP contribution in [0.3, 0.4) is 0 Å². The van der Waals surface area contributed by atoms with E-state index in [4.69, 9.17) is 4.74 Å². The fourth-order valence-corrected chi connectivity index (χ4v) is 4.47. The zero-order valence-corrected chi connectivity index (χ0v) is 16.1. The molecule has 0 bridgehead atoms. The standard InChI is InChI=1S/C19H22N2O4S/c1-12-5-8-19(25-4)17(9-12)20-26(23,24)16-6-7-18-15(11-16)10-13(2)21(18)14(3)22/h5-9,11,13,20H,10H2,1-4H3/t13-/m0/s1. The molecule has 1 N–H and O–H groups in total. The number of methoxy groups -OCH3 is 1. The first-order valence-corrected chi connectivity index (χ1v) is 9.81. The molecule has 1 aliphatic rings. The fourth-order valence-electron chi connectivity index (χ4n) is 3.36. The SMILES string of the molecule is COc1ccc(C)cc1NS(=O)(=O)c1ccc2c(c1)C[C@H](C)N2C(C)=O. The molecule has 0 aromatic heterocycles. The van der Waals surface area contributed by atoms with Crippen LogP contribution < -0.4 is 14.4 Å². The quantitative estimate of drug-likeness (QED) is 0.892. The Morgan fingerprint density at radius 3 is 2.62 bits per heavy atom. The molecule has 7 heteroatoms. The van der Waals surface area contributed by atoms with Gasteiger partial charge in [0, 0.05) is 18.7 Å². The van der Waals surface area contributed by atoms with Crippen molar-refractivity contribution in [1.29, 1.82) is 0 Å². The molecule has 1 aliphatic heterocycles. The summed E-state index contributed by atoms with van der Waals surface area (Å²) >= 11 is 0. The summed E-state index contributed by atoms with van der Waals surface area (Å²) in [5.74, 6) is 0.409. The van der Waals surface area contributed by atoms with E-state index in [9.17, 15) is 13.2 Å². The summed E-state index contributed by atoms with van der Waals surface area (Å²) in [6.07, 6.45) is 0.631. The zero-order valence-electron chi connectivity index (χ0n) is 15.2. The summed E-state index contributed by atoms with van der Waals surface area (Å²) in [5, 5.41) is 0. The molecule has 0 radical (unpaired) electrons. The Morgan fingerprint density at radius 1 is 1.23 bits per heavy atom. The number of ether oxygens (including phenoxy) is 1. The smallest absolute Gasteiger partial charge is 0.262 e. The van der Waals surface area contributed by atoms with Crippen molar-refractivity contribution in [2.75, 3.05) is 16.7 Å². The van der Waals surface area contributed by atoms with Gasteiger partial charge in [0.15, 0.2) is 0 Å². The van der Waals surface area contributed by atoms with Crippen LogP contribution in [0.15, 0.2) is 41.3 Å². The maximum Gasteiger partial charge on any atom is 0.262 e. The highest BCUT2D eigenvalue weighted by atomic mass is 32.2. The van der Waals surface area contributed by atoms with Gasteiger partial charge in [0.1, 0.15) is 5.75 Å². The average molecular weight is 374 g/mol. The van der Waals surface area contributed by atoms with Crippen molar-refractivity contribution in [2.24, 2.45) is 0 Å². The number of carbonyl (C=O) groups excluding carboxylic acids is 1. The lowest BCUT2D eigenvalue weighted by Gasteiger charge is -2.20. The molecule has 0 spiro atoms. The molecule has 0 unspecified atom stereocenters. The minimum absolute atomic E-state index is 0.0188. The second kappa shape index (κ2) is 6.64. The number of rotatable bonds is 4. The number of anilines is 2. The summed E-state index contributed by atoms with van der Waals surface area (Å²) in [7, 11) is -2.28. The molecule has 0 fully saturated rings. The number of hydrogen-bond acceptors (Lipinski definition) is 4. The summed E-state index contributed by atoms with van der Waals surface area (Å²) in [6, 6.07) is 10.2. The minimum atomic E-state index is -3.77. The first-order valence-electron chi connectivity index (χ1n) is 8.33. The van der Waals surface area contributed by atoms with Gasteiger partial charge in [-0.3, -0.25) is 9.52 Å². The number of nitrogens with one attached hydrogen (secondary N) is 1. The van der Waals surface area contributed by atoms with E-state index in [1.807, 2.05) is 19.9 Å². The summed E-state index contributed by atoms with van der Waals surface area (Å²) in [4.78, 5) is 13.7. The predicted molar refractivity (Wildman–Crippen MR) is 101 cm³/mol. The normalized spacial score (nSPS) is 16.3. The minimum Gasteiger partial charge on any atom is -0.495 e. The second-order valence-corrected chi connectivity index (χ2v) is 8.22. The van der Waals surface area contributed by atoms with Crippen molar-refractivity contribution in [1.82, 2.24) is 0 Å². The molecule has 1 heterocycles. The Labute approximate surface area is 153 Å². The van der Waals surface area contributed by atoms with Crippen LogP contribution in [0.2, 0.25) is 0 Å². The number of amides is 1. The lowest BCUT2D eigenvalue weighted by atomic mass is 10.1. The van der Waals surface area contributed by atoms with E-state index in [1.165, 1.54) is 20.1 Å². The highest BCUT2D eigenvalue weighted by molar-refractivity contribution is 7.92. The van der Waals surface area contributed by atoms with Gasteiger partial charge in [0.05, 0.1) is 17.7 Å². The van der Waals surface area contributed by atoms with E-state index in [2.05, 4.69) is 4.72 Å². The lowest BCUT2D eigenvalue weighted by Crippen LogP contribution is -2.33. The average Bonchev–Trinajstić information content (AvgIpc) is 2.89. The van der Waals surface area contributed by atoms with Crippen molar-refractivity contribution < 1.29 is 17.9 Å². The van der Waals surface area contributed by atoms with Gasteiger partial charge in [0.2, 0.25) is 5.91 Å². The molecule has 0 aliphatic carbocycles. The van der Waals surface area contributed by atoms with E-state index >= 15 is 0 Å². The third-order valence-corrected chi connectivity index (χ3v) is 5.88. The van der Waals surface area contributed by atoms with Gasteiger partial charge in [-0.25, -0.2) is 8.42 Å². The van der Waals surface area contributed by atoms with Crippen molar-refractivity contribution in [3.8, 4) is 5.75 Å². The van der Waals surface area contributed by atoms with E-state index in [0.29, 0.717) is 17.9 Å². The number of carbonyl (C=O) groups is 1. The topological polar surface area (TPSA) is 75.7 Å². The van der Waals surface area contributed by atoms with Gasteiger partial charge in [-0.05, 0) is 61.7 Å². The molecular weight excluding hydrogens is 352 g/mol. The van der Waals surface area contributed by atoms with Crippen molar-refractivity contribution >= 4 is 27.3 Å². The Morgan fingerprint density at radius 2 is 1.96 bits per heavy atom. The molecule has 138 valence electrons. The number of nitrogens with zero attached hydrogens (tertiary/aromatic N) is 1. The molecule has 6 nitrogen and oxygen atoms in total. The molecule has 1 atom stereocenters. The second-order valence-electron chi connectivity index (χ2n) is 6.54. The number of hydrogen-bond donors (Lipinski definition) is 1. The Hall–Kier alpha value is -2.54. The monoisotopic (exact) mass is 374 g/mol. The predicted octanol–water partition coefficient (Wildman–Crippen LogP) is 3.10. The summed E-state index contributed by atoms with van der Waals surface area (Å²) in [6.45, 7) is 5.34. The Kier molecular flexibility index (Phi) is 4.66. The third-order valence-electron chi connectivity index (χ3n) is 4.52. The van der Waals surface area contributed by atoms with E-state index in [1.54, 1.807) is 29.2 Å². The lowest BCUT2D eigenvalue weighted by molar-refractivity contribution is -0.116. The van der Waals surface area contributed by atoms with Gasteiger partial charge < -0.3 is 9.64 Å². The number of aryl methyl sites for hydroxylation is 1. The van der Waals surface area contributed by atoms with Crippen LogP contribution >= 0.6 is 0 Å². The molecular formula is C19H22N2O4S. The first-order chi connectivity index (χ1) is 12.2. The Balaban J connectivity index is 1.96. The molecule has 2 aromatic carbocycles. The van der Waals surface area contributed by atoms with E-state index < -0.39 is 10.0 Å². The van der Waals surface area contributed by atoms with Crippen molar-refractivity contribution in [3.63, 3.8) is 0 Å². The maximum absolute atomic E-state index is 12.8. The molecule has 0 saturated carbocycles. The molecule has 1 amide bonds. The maximum atomic E-state index is 12.8. The van der Waals surface area contributed by atoms with Gasteiger partial charge in [-0.2, -0.15) is 0 Å². The van der Waals surface area contributed by atoms with Crippen LogP contribution in [-0.4, -0.2) is 27.5 Å². The third kappa shape index (κ3) is 3.26. The van der Waals surface area contributed by atoms with Gasteiger partial charge in [0.25, 0.3) is 10.0 Å². The van der Waals surface area contributed by atoms with E-state index in [0.717, 1.165) is 16.8 Å². The molecule has 26 heavy (non-hydrogen) atoms. The molecule has 2 aromatic rings. The van der Waals surface area contributed by atoms with Crippen LogP contribution in [-0.2, 0) is 21.2 Å². The number of benzene rings is 2. The van der Waals surface area contributed by atoms with E-state index in [-0.39, 0.29) is 16.8 Å². The highest BCUT2D eigenvalue weighted by Crippen LogP contribution is 2.35. The van der Waals surface area contributed by atoms with Crippen LogP contribution in [0.5, 0.6) is 5.75 Å². The van der Waals surface area contributed by atoms with Gasteiger partial charge in [-0.1, -0.05) is 6.07 Å². The molecule has 3 rings (SSSR count). The summed E-state index contributed by atoms with van der Waals surface area (Å²) < 4.78 is 33.5. The number of fused-ring (bicyclic) bond motifs is 1. The zero-order chi connectivity index (χ0) is 19.1. The van der Waals surface area contributed by atoms with Crippen LogP contribution in [0.25, 0.3) is 0 Å². The van der Waals surface area contributed by atoms with Gasteiger partial charge >= 0.3 is 0 Å². The highest BCUT2D eigenvalue weighted by Gasteiger charge is 2.30. The summed E-state index contributed by atoms with van der Waals surface area (Å²) in [5.41, 5.74) is 2.94. The fraction of sp³-hybridized carbons (Fsp3) is 0.316. The van der Waals surface area contributed by atoms with Crippen LogP contribution in [0.1, 0.15) is 25.0 Å². The first kappa shape index (κ1) is 18.3. The number of sulfonamides is 1. The van der Waals surface area contributed by atoms with Crippen molar-refractivity contribution in [2.45, 2.75) is 38.1 Å². The molecule has 0 saturated heterocycles. The van der Waals surface area contributed by atoms with Crippen LogP contribution in [0.4, 0.5) is 11.4 Å². The van der Waals surface area contributed by atoms with Crippen LogP contribution in [0, 0.1) is 6.92 Å². The van der Waals surface area contributed by atoms with Gasteiger partial charge in [-0.15, -0.1) is 0 Å².